The highest BCUT2D eigenvalue weighted by molar-refractivity contribution is 8.04. The van der Waals surface area contributed by atoms with Gasteiger partial charge in [0, 0.05) is 36.5 Å². The second-order valence-electron chi connectivity index (χ2n) is 13.2. The quantitative estimate of drug-likeness (QED) is 0.253. The smallest absolute Gasteiger partial charge is 0.260 e. The van der Waals surface area contributed by atoms with E-state index in [2.05, 4.69) is 77.5 Å². The van der Waals surface area contributed by atoms with E-state index in [1.807, 2.05) is 30.3 Å². The molecule has 3 aromatic rings. The number of hydrogen-bond donors (Lipinski definition) is 1. The summed E-state index contributed by atoms with van der Waals surface area (Å²) in [6.07, 6.45) is 10.3. The van der Waals surface area contributed by atoms with Crippen molar-refractivity contribution in [3.63, 3.8) is 0 Å². The predicted octanol–water partition coefficient (Wildman–Crippen LogP) is 7.42. The molecular weight excluding hydrogens is 575 g/mol. The molecule has 0 aromatic heterocycles. The number of carbonyl (C=O) groups is 2. The number of amides is 2. The van der Waals surface area contributed by atoms with Gasteiger partial charge in [-0.05, 0) is 105 Å². The molecule has 6 heteroatoms. The molecule has 3 aromatic carbocycles. The SMILES string of the molecule is Cc1ccc(C)c(CN2C(=O)/C(=C\c3ccc(C(=O)NCCN4CCC(Cc5ccccc5)CC4)cc3)SC3CCCCC32)c1. The van der Waals surface area contributed by atoms with E-state index >= 15 is 0 Å². The lowest BCUT2D eigenvalue weighted by Gasteiger charge is -2.44. The van der Waals surface area contributed by atoms with Crippen molar-refractivity contribution in [2.45, 2.75) is 76.6 Å². The fourth-order valence-corrected chi connectivity index (χ4v) is 8.66. The molecule has 1 aliphatic carbocycles. The van der Waals surface area contributed by atoms with Crippen molar-refractivity contribution >= 4 is 29.7 Å². The summed E-state index contributed by atoms with van der Waals surface area (Å²) in [7, 11) is 0. The molecule has 2 aliphatic heterocycles. The van der Waals surface area contributed by atoms with Crippen LogP contribution in [0.3, 0.4) is 0 Å². The van der Waals surface area contributed by atoms with Gasteiger partial charge in [-0.1, -0.05) is 79.1 Å². The first-order valence-electron chi connectivity index (χ1n) is 16.8. The minimum Gasteiger partial charge on any atom is -0.351 e. The second-order valence-corrected chi connectivity index (χ2v) is 14.5. The molecule has 0 spiro atoms. The number of aryl methyl sites for hydroxylation is 2. The van der Waals surface area contributed by atoms with E-state index < -0.39 is 0 Å². The molecule has 3 aliphatic rings. The lowest BCUT2D eigenvalue weighted by Crippen LogP contribution is -2.50. The first-order valence-corrected chi connectivity index (χ1v) is 17.7. The Hall–Kier alpha value is -3.35. The van der Waals surface area contributed by atoms with Crippen LogP contribution in [-0.2, 0) is 17.8 Å². The summed E-state index contributed by atoms with van der Waals surface area (Å²) in [4.78, 5) is 32.2. The molecule has 0 bridgehead atoms. The van der Waals surface area contributed by atoms with E-state index in [1.165, 1.54) is 47.9 Å². The molecule has 236 valence electrons. The van der Waals surface area contributed by atoms with E-state index in [1.54, 1.807) is 11.8 Å². The predicted molar refractivity (Wildman–Crippen MR) is 186 cm³/mol. The Kier molecular flexibility index (Phi) is 10.4. The van der Waals surface area contributed by atoms with E-state index in [-0.39, 0.29) is 11.8 Å². The summed E-state index contributed by atoms with van der Waals surface area (Å²) >= 11 is 1.76. The largest absolute Gasteiger partial charge is 0.351 e. The van der Waals surface area contributed by atoms with Crippen molar-refractivity contribution < 1.29 is 9.59 Å². The van der Waals surface area contributed by atoms with E-state index in [0.29, 0.717) is 29.9 Å². The van der Waals surface area contributed by atoms with Gasteiger partial charge in [-0.25, -0.2) is 0 Å². The van der Waals surface area contributed by atoms with Gasteiger partial charge in [0.2, 0.25) is 0 Å². The molecule has 2 atom stereocenters. The summed E-state index contributed by atoms with van der Waals surface area (Å²) in [6, 6.07) is 25.3. The topological polar surface area (TPSA) is 52.7 Å². The van der Waals surface area contributed by atoms with Gasteiger partial charge in [0.05, 0.1) is 4.91 Å². The standard InChI is InChI=1S/C39H47N3O2S/c1-28-12-13-29(2)34(24-28)27-42-35-10-6-7-11-36(35)45-37(39(42)44)26-31-14-16-33(17-15-31)38(43)40-20-23-41-21-18-32(19-22-41)25-30-8-4-3-5-9-30/h3-5,8-9,12-17,24,26,32,35-36H,6-7,10-11,18-23,25,27H2,1-2H3,(H,40,43)/b37-26+. The van der Waals surface area contributed by atoms with Crippen LogP contribution in [0.1, 0.15) is 76.7 Å². The van der Waals surface area contributed by atoms with Crippen molar-refractivity contribution in [2.75, 3.05) is 26.2 Å². The molecule has 1 saturated carbocycles. The van der Waals surface area contributed by atoms with Crippen LogP contribution in [0, 0.1) is 19.8 Å². The lowest BCUT2D eigenvalue weighted by molar-refractivity contribution is -0.130. The van der Waals surface area contributed by atoms with Crippen LogP contribution >= 0.6 is 11.8 Å². The molecule has 1 N–H and O–H groups in total. The molecule has 2 heterocycles. The van der Waals surface area contributed by atoms with Crippen molar-refractivity contribution in [3.05, 3.63) is 111 Å². The molecule has 5 nitrogen and oxygen atoms in total. The van der Waals surface area contributed by atoms with Gasteiger partial charge in [0.1, 0.15) is 0 Å². The van der Waals surface area contributed by atoms with Gasteiger partial charge in [-0.2, -0.15) is 0 Å². The molecule has 3 fully saturated rings. The third-order valence-corrected chi connectivity index (χ3v) is 11.3. The number of carbonyl (C=O) groups excluding carboxylic acids is 2. The number of thioether (sulfide) groups is 1. The van der Waals surface area contributed by atoms with Gasteiger partial charge in [-0.3, -0.25) is 9.59 Å². The van der Waals surface area contributed by atoms with Gasteiger partial charge >= 0.3 is 0 Å². The fraction of sp³-hybridized carbons (Fsp3) is 0.436. The average molecular weight is 622 g/mol. The molecule has 2 unspecified atom stereocenters. The Balaban J connectivity index is 1.02. The van der Waals surface area contributed by atoms with Gasteiger partial charge < -0.3 is 15.1 Å². The van der Waals surface area contributed by atoms with Crippen molar-refractivity contribution in [2.24, 2.45) is 5.92 Å². The third kappa shape index (κ3) is 8.09. The Labute approximate surface area is 273 Å². The summed E-state index contributed by atoms with van der Waals surface area (Å²) < 4.78 is 0. The Morgan fingerprint density at radius 2 is 1.69 bits per heavy atom. The zero-order valence-electron chi connectivity index (χ0n) is 26.8. The van der Waals surface area contributed by atoms with Crippen LogP contribution < -0.4 is 5.32 Å². The number of piperidine rings is 1. The van der Waals surface area contributed by atoms with Crippen molar-refractivity contribution in [1.82, 2.24) is 15.1 Å². The van der Waals surface area contributed by atoms with Gasteiger partial charge in [0.15, 0.2) is 0 Å². The summed E-state index contributed by atoms with van der Waals surface area (Å²) in [6.45, 7) is 8.64. The average Bonchev–Trinajstić information content (AvgIpc) is 3.06. The number of hydrogen-bond acceptors (Lipinski definition) is 4. The summed E-state index contributed by atoms with van der Waals surface area (Å²) in [5, 5.41) is 3.55. The van der Waals surface area contributed by atoms with Gasteiger partial charge in [-0.15, -0.1) is 11.8 Å². The van der Waals surface area contributed by atoms with Gasteiger partial charge in [0.25, 0.3) is 11.8 Å². The second kappa shape index (κ2) is 14.8. The third-order valence-electron chi connectivity index (χ3n) is 9.92. The van der Waals surface area contributed by atoms with Crippen molar-refractivity contribution in [1.29, 1.82) is 0 Å². The maximum absolute atomic E-state index is 13.9. The van der Waals surface area contributed by atoms with E-state index in [4.69, 9.17) is 0 Å². The highest BCUT2D eigenvalue weighted by Crippen LogP contribution is 2.43. The number of benzene rings is 3. The Morgan fingerprint density at radius 3 is 2.47 bits per heavy atom. The fourth-order valence-electron chi connectivity index (χ4n) is 7.19. The van der Waals surface area contributed by atoms with Crippen LogP contribution in [0.25, 0.3) is 6.08 Å². The summed E-state index contributed by atoms with van der Waals surface area (Å²) in [5.41, 5.74) is 6.76. The lowest BCUT2D eigenvalue weighted by atomic mass is 9.90. The van der Waals surface area contributed by atoms with Crippen LogP contribution in [0.5, 0.6) is 0 Å². The molecule has 6 rings (SSSR count). The summed E-state index contributed by atoms with van der Waals surface area (Å²) in [5.74, 6) is 0.842. The first-order chi connectivity index (χ1) is 21.9. The normalized spacial score (nSPS) is 22.0. The van der Waals surface area contributed by atoms with Crippen LogP contribution in [0.2, 0.25) is 0 Å². The highest BCUT2D eigenvalue weighted by atomic mass is 32.2. The molecular formula is C39H47N3O2S. The highest BCUT2D eigenvalue weighted by Gasteiger charge is 2.40. The van der Waals surface area contributed by atoms with E-state index in [9.17, 15) is 9.59 Å². The van der Waals surface area contributed by atoms with Crippen LogP contribution in [0.4, 0.5) is 0 Å². The number of likely N-dealkylation sites (tertiary alicyclic amines) is 1. The maximum Gasteiger partial charge on any atom is 0.260 e. The van der Waals surface area contributed by atoms with Crippen LogP contribution in [0.15, 0.2) is 77.7 Å². The zero-order valence-corrected chi connectivity index (χ0v) is 27.7. The number of nitrogens with zero attached hydrogens (tertiary/aromatic N) is 2. The first kappa shape index (κ1) is 31.6. The molecule has 2 saturated heterocycles. The molecule has 0 radical (unpaired) electrons. The van der Waals surface area contributed by atoms with E-state index in [0.717, 1.165) is 55.3 Å². The maximum atomic E-state index is 13.9. The minimum absolute atomic E-state index is 0.0407. The van der Waals surface area contributed by atoms with Crippen LogP contribution in [-0.4, -0.2) is 59.1 Å². The minimum atomic E-state index is -0.0407. The number of nitrogens with one attached hydrogen (secondary N) is 1. The number of fused-ring (bicyclic) bond motifs is 1. The Bertz CT molecular complexity index is 1490. The molecule has 45 heavy (non-hydrogen) atoms. The zero-order chi connectivity index (χ0) is 31.2. The monoisotopic (exact) mass is 621 g/mol. The van der Waals surface area contributed by atoms with Crippen molar-refractivity contribution in [3.8, 4) is 0 Å². The molecule has 2 amide bonds. The number of rotatable bonds is 9. The Morgan fingerprint density at radius 1 is 0.933 bits per heavy atom.